The van der Waals surface area contributed by atoms with E-state index < -0.39 is 0 Å². The molecule has 0 aliphatic rings. The van der Waals surface area contributed by atoms with Gasteiger partial charge >= 0.3 is 0 Å². The fourth-order valence-corrected chi connectivity index (χ4v) is 2.20. The topological polar surface area (TPSA) is 35.2 Å². The maximum absolute atomic E-state index is 6.19. The normalized spacial score (nSPS) is 14.1. The molecule has 4 heteroatoms. The lowest BCUT2D eigenvalue weighted by Crippen LogP contribution is -2.23. The summed E-state index contributed by atoms with van der Waals surface area (Å²) in [6.45, 7) is 8.68. The molecule has 0 aliphatic heterocycles. The van der Waals surface area contributed by atoms with Gasteiger partial charge in [-0.1, -0.05) is 37.7 Å². The lowest BCUT2D eigenvalue weighted by molar-refractivity contribution is 0.333. The molecule has 0 saturated carbocycles. The molecule has 2 N–H and O–H groups in total. The van der Waals surface area contributed by atoms with E-state index >= 15 is 0 Å². The van der Waals surface area contributed by atoms with Crippen molar-refractivity contribution in [3.63, 3.8) is 0 Å². The molecule has 2 unspecified atom stereocenters. The summed E-state index contributed by atoms with van der Waals surface area (Å²) in [5.41, 5.74) is 7.80. The molecule has 0 aromatic heterocycles. The van der Waals surface area contributed by atoms with E-state index in [1.165, 1.54) is 0 Å². The maximum atomic E-state index is 6.19. The number of benzene rings is 1. The van der Waals surface area contributed by atoms with E-state index in [0.29, 0.717) is 11.6 Å². The van der Waals surface area contributed by atoms with Crippen LogP contribution in [0.1, 0.15) is 37.8 Å². The smallest absolute Gasteiger partial charge is 0.123 e. The van der Waals surface area contributed by atoms with Crippen molar-refractivity contribution in [1.29, 1.82) is 0 Å². The standard InChI is InChI=1S/C14H20ClNOS/c1-5-17-13-6-8(2)12(15)7-11(13)9(3)10(4)14(16)18/h6-7,9-10H,5H2,1-4H3,(H2,16,18). The van der Waals surface area contributed by atoms with Crippen LogP contribution in [0, 0.1) is 12.8 Å². The van der Waals surface area contributed by atoms with Crippen LogP contribution in [0.2, 0.25) is 5.02 Å². The van der Waals surface area contributed by atoms with Crippen LogP contribution in [0.15, 0.2) is 12.1 Å². The third-order valence-corrected chi connectivity index (χ3v) is 4.06. The SMILES string of the molecule is CCOc1cc(C)c(Cl)cc1C(C)C(C)C(N)=S. The molecule has 1 rings (SSSR count). The van der Waals surface area contributed by atoms with E-state index in [-0.39, 0.29) is 11.8 Å². The molecule has 0 aliphatic carbocycles. The molecule has 0 spiro atoms. The number of hydrogen-bond acceptors (Lipinski definition) is 2. The van der Waals surface area contributed by atoms with E-state index in [0.717, 1.165) is 21.9 Å². The Kier molecular flexibility index (Phi) is 5.42. The van der Waals surface area contributed by atoms with Crippen LogP contribution < -0.4 is 10.5 Å². The van der Waals surface area contributed by atoms with Gasteiger partial charge in [0.25, 0.3) is 0 Å². The Hall–Kier alpha value is -0.800. The number of aryl methyl sites for hydroxylation is 1. The van der Waals surface area contributed by atoms with Gasteiger partial charge in [-0.3, -0.25) is 0 Å². The molecule has 0 saturated heterocycles. The highest BCUT2D eigenvalue weighted by atomic mass is 35.5. The first-order chi connectivity index (χ1) is 8.38. The van der Waals surface area contributed by atoms with Crippen molar-refractivity contribution in [1.82, 2.24) is 0 Å². The summed E-state index contributed by atoms with van der Waals surface area (Å²) >= 11 is 11.3. The van der Waals surface area contributed by atoms with E-state index in [2.05, 4.69) is 6.92 Å². The molecule has 18 heavy (non-hydrogen) atoms. The summed E-state index contributed by atoms with van der Waals surface area (Å²) in [5.74, 6) is 1.16. The monoisotopic (exact) mass is 285 g/mol. The summed E-state index contributed by atoms with van der Waals surface area (Å²) in [7, 11) is 0. The quantitative estimate of drug-likeness (QED) is 0.828. The predicted octanol–water partition coefficient (Wildman–Crippen LogP) is 4.07. The Morgan fingerprint density at radius 2 is 2.06 bits per heavy atom. The van der Waals surface area contributed by atoms with E-state index in [1.54, 1.807) is 0 Å². The van der Waals surface area contributed by atoms with Crippen molar-refractivity contribution in [3.05, 3.63) is 28.3 Å². The number of hydrogen-bond donors (Lipinski definition) is 1. The van der Waals surface area contributed by atoms with Gasteiger partial charge in [0.05, 0.1) is 11.6 Å². The highest BCUT2D eigenvalue weighted by molar-refractivity contribution is 7.80. The van der Waals surface area contributed by atoms with Gasteiger partial charge in [-0.05, 0) is 43.0 Å². The van der Waals surface area contributed by atoms with Crippen LogP contribution in [-0.4, -0.2) is 11.6 Å². The molecule has 0 radical (unpaired) electrons. The van der Waals surface area contributed by atoms with Gasteiger partial charge < -0.3 is 10.5 Å². The molecular formula is C14H20ClNOS. The van der Waals surface area contributed by atoms with Gasteiger partial charge in [-0.15, -0.1) is 0 Å². The van der Waals surface area contributed by atoms with Crippen LogP contribution in [0.25, 0.3) is 0 Å². The second kappa shape index (κ2) is 6.39. The van der Waals surface area contributed by atoms with Gasteiger partial charge in [0.1, 0.15) is 5.75 Å². The number of halogens is 1. The Bertz CT molecular complexity index is 448. The molecule has 2 nitrogen and oxygen atoms in total. The lowest BCUT2D eigenvalue weighted by atomic mass is 9.88. The Balaban J connectivity index is 3.20. The largest absolute Gasteiger partial charge is 0.494 e. The molecule has 1 aromatic carbocycles. The van der Waals surface area contributed by atoms with Crippen LogP contribution >= 0.6 is 23.8 Å². The van der Waals surface area contributed by atoms with Crippen LogP contribution in [0.5, 0.6) is 5.75 Å². The lowest BCUT2D eigenvalue weighted by Gasteiger charge is -2.22. The Morgan fingerprint density at radius 1 is 1.44 bits per heavy atom. The van der Waals surface area contributed by atoms with Crippen molar-refractivity contribution in [2.75, 3.05) is 6.61 Å². The third kappa shape index (κ3) is 3.36. The summed E-state index contributed by atoms with van der Waals surface area (Å²) in [6, 6.07) is 3.94. The van der Waals surface area contributed by atoms with Crippen LogP contribution in [-0.2, 0) is 0 Å². The first kappa shape index (κ1) is 15.3. The molecule has 0 bridgehead atoms. The number of nitrogens with two attached hydrogens (primary N) is 1. The van der Waals surface area contributed by atoms with Crippen molar-refractivity contribution < 1.29 is 4.74 Å². The number of rotatable bonds is 5. The van der Waals surface area contributed by atoms with Crippen molar-refractivity contribution in [3.8, 4) is 5.75 Å². The first-order valence-corrected chi connectivity index (χ1v) is 6.89. The highest BCUT2D eigenvalue weighted by Crippen LogP contribution is 2.35. The van der Waals surface area contributed by atoms with Gasteiger partial charge in [0.15, 0.2) is 0 Å². The summed E-state index contributed by atoms with van der Waals surface area (Å²) in [6.07, 6.45) is 0. The molecular weight excluding hydrogens is 266 g/mol. The average Bonchev–Trinajstić information content (AvgIpc) is 2.32. The third-order valence-electron chi connectivity index (χ3n) is 3.28. The zero-order chi connectivity index (χ0) is 13.9. The second-order valence-electron chi connectivity index (χ2n) is 4.55. The van der Waals surface area contributed by atoms with Crippen molar-refractivity contribution in [2.24, 2.45) is 11.7 Å². The zero-order valence-electron chi connectivity index (χ0n) is 11.3. The fraction of sp³-hybridized carbons (Fsp3) is 0.500. The van der Waals surface area contributed by atoms with Crippen molar-refractivity contribution >= 4 is 28.8 Å². The molecule has 0 amide bonds. The van der Waals surface area contributed by atoms with Crippen LogP contribution in [0.3, 0.4) is 0 Å². The summed E-state index contributed by atoms with van der Waals surface area (Å²) in [5, 5.41) is 0.746. The maximum Gasteiger partial charge on any atom is 0.123 e. The highest BCUT2D eigenvalue weighted by Gasteiger charge is 2.21. The minimum Gasteiger partial charge on any atom is -0.494 e. The van der Waals surface area contributed by atoms with Crippen molar-refractivity contribution in [2.45, 2.75) is 33.6 Å². The summed E-state index contributed by atoms with van der Waals surface area (Å²) < 4.78 is 5.68. The summed E-state index contributed by atoms with van der Waals surface area (Å²) in [4.78, 5) is 0.515. The molecule has 0 fully saturated rings. The van der Waals surface area contributed by atoms with Crippen LogP contribution in [0.4, 0.5) is 0 Å². The second-order valence-corrected chi connectivity index (χ2v) is 5.43. The van der Waals surface area contributed by atoms with Gasteiger partial charge in [0.2, 0.25) is 0 Å². The zero-order valence-corrected chi connectivity index (χ0v) is 12.9. The molecule has 0 heterocycles. The minimum atomic E-state index is 0.109. The molecule has 2 atom stereocenters. The first-order valence-electron chi connectivity index (χ1n) is 6.10. The fourth-order valence-electron chi connectivity index (χ4n) is 1.82. The van der Waals surface area contributed by atoms with E-state index in [4.69, 9.17) is 34.3 Å². The molecule has 1 aromatic rings. The predicted molar refractivity (Wildman–Crippen MR) is 81.7 cm³/mol. The van der Waals surface area contributed by atoms with Gasteiger partial charge in [-0.25, -0.2) is 0 Å². The van der Waals surface area contributed by atoms with Gasteiger partial charge in [0, 0.05) is 10.9 Å². The van der Waals surface area contributed by atoms with E-state index in [1.807, 2.05) is 32.9 Å². The number of ether oxygens (including phenoxy) is 1. The minimum absolute atomic E-state index is 0.109. The van der Waals surface area contributed by atoms with Gasteiger partial charge in [-0.2, -0.15) is 0 Å². The van der Waals surface area contributed by atoms with E-state index in [9.17, 15) is 0 Å². The number of thiocarbonyl (C=S) groups is 1. The Morgan fingerprint density at radius 3 is 2.56 bits per heavy atom. The average molecular weight is 286 g/mol. The molecule has 100 valence electrons. The Labute approximate surface area is 119 Å².